The molecule has 2 unspecified atom stereocenters. The molecule has 2 rings (SSSR count). The van der Waals surface area contributed by atoms with E-state index in [1.165, 1.54) is 4.90 Å². The maximum atomic E-state index is 12.2. The third-order valence-corrected chi connectivity index (χ3v) is 3.64. The quantitative estimate of drug-likeness (QED) is 0.783. The van der Waals surface area contributed by atoms with Crippen LogP contribution in [0.5, 0.6) is 0 Å². The second kappa shape index (κ2) is 5.52. The molecule has 0 spiro atoms. The minimum Gasteiger partial charge on any atom is -0.337 e. The number of amides is 2. The van der Waals surface area contributed by atoms with Gasteiger partial charge in [0.1, 0.15) is 5.82 Å². The zero-order chi connectivity index (χ0) is 14.0. The van der Waals surface area contributed by atoms with Gasteiger partial charge in [-0.05, 0) is 13.3 Å². The number of carbonyl (C=O) groups excluding carboxylic acids is 2. The van der Waals surface area contributed by atoms with Crippen LogP contribution in [0.2, 0.25) is 0 Å². The molecule has 1 saturated heterocycles. The topological polar surface area (TPSA) is 67.2 Å². The number of imidazole rings is 1. The fourth-order valence-electron chi connectivity index (χ4n) is 2.24. The maximum absolute atomic E-state index is 12.2. The van der Waals surface area contributed by atoms with Gasteiger partial charge in [-0.3, -0.25) is 19.8 Å². The van der Waals surface area contributed by atoms with Crippen molar-refractivity contribution in [2.24, 2.45) is 7.05 Å². The first-order chi connectivity index (χ1) is 9.04. The van der Waals surface area contributed by atoms with Crippen molar-refractivity contribution < 1.29 is 9.59 Å². The molecule has 1 N–H and O–H groups in total. The van der Waals surface area contributed by atoms with Gasteiger partial charge >= 0.3 is 0 Å². The van der Waals surface area contributed by atoms with Crippen LogP contribution in [0.4, 0.5) is 0 Å². The Morgan fingerprint density at radius 3 is 2.84 bits per heavy atom. The maximum Gasteiger partial charge on any atom is 0.247 e. The lowest BCUT2D eigenvalue weighted by Crippen LogP contribution is -2.42. The van der Waals surface area contributed by atoms with Crippen LogP contribution in [0.3, 0.4) is 0 Å². The first-order valence-electron chi connectivity index (χ1n) is 6.60. The zero-order valence-electron chi connectivity index (χ0n) is 11.6. The predicted octanol–water partition coefficient (Wildman–Crippen LogP) is 0.436. The number of nitrogens with zero attached hydrogens (tertiary/aromatic N) is 3. The number of hydrogen-bond acceptors (Lipinski definition) is 4. The summed E-state index contributed by atoms with van der Waals surface area (Å²) in [5, 5.41) is 3.12. The van der Waals surface area contributed by atoms with E-state index in [0.717, 1.165) is 12.2 Å². The van der Waals surface area contributed by atoms with Crippen molar-refractivity contribution in [3.8, 4) is 0 Å². The molecule has 6 heteroatoms. The summed E-state index contributed by atoms with van der Waals surface area (Å²) in [7, 11) is 1.90. The summed E-state index contributed by atoms with van der Waals surface area (Å²) >= 11 is 0. The Morgan fingerprint density at radius 2 is 2.26 bits per heavy atom. The molecule has 19 heavy (non-hydrogen) atoms. The molecule has 1 aliphatic rings. The van der Waals surface area contributed by atoms with Gasteiger partial charge in [0.2, 0.25) is 11.8 Å². The lowest BCUT2D eigenvalue weighted by Gasteiger charge is -2.21. The summed E-state index contributed by atoms with van der Waals surface area (Å²) in [4.78, 5) is 29.6. The van der Waals surface area contributed by atoms with Crippen LogP contribution < -0.4 is 5.32 Å². The average molecular weight is 264 g/mol. The number of hydrogen-bond donors (Lipinski definition) is 1. The largest absolute Gasteiger partial charge is 0.337 e. The third-order valence-electron chi connectivity index (χ3n) is 3.64. The average Bonchev–Trinajstić information content (AvgIpc) is 2.90. The molecule has 0 bridgehead atoms. The monoisotopic (exact) mass is 264 g/mol. The van der Waals surface area contributed by atoms with E-state index < -0.39 is 6.04 Å². The van der Waals surface area contributed by atoms with Crippen molar-refractivity contribution in [3.63, 3.8) is 0 Å². The van der Waals surface area contributed by atoms with Crippen LogP contribution >= 0.6 is 0 Å². The molecule has 0 saturated carbocycles. The molecule has 104 valence electrons. The summed E-state index contributed by atoms with van der Waals surface area (Å²) in [5.74, 6) is 0.646. The SMILES string of the molecule is CCC(C)N1C(=O)CC(NCc2nccn2C)C1=O. The van der Waals surface area contributed by atoms with E-state index >= 15 is 0 Å². The van der Waals surface area contributed by atoms with E-state index in [1.807, 2.05) is 31.7 Å². The van der Waals surface area contributed by atoms with Crippen molar-refractivity contribution in [2.45, 2.75) is 45.3 Å². The number of imide groups is 1. The molecule has 0 aliphatic carbocycles. The van der Waals surface area contributed by atoms with Crippen molar-refractivity contribution in [2.75, 3.05) is 0 Å². The Hall–Kier alpha value is -1.69. The molecule has 2 heterocycles. The van der Waals surface area contributed by atoms with Gasteiger partial charge in [0.15, 0.2) is 0 Å². The van der Waals surface area contributed by atoms with Crippen LogP contribution in [0.15, 0.2) is 12.4 Å². The molecule has 6 nitrogen and oxygen atoms in total. The smallest absolute Gasteiger partial charge is 0.247 e. The molecule has 2 amide bonds. The van der Waals surface area contributed by atoms with Crippen molar-refractivity contribution in [1.82, 2.24) is 19.8 Å². The molecule has 0 radical (unpaired) electrons. The highest BCUT2D eigenvalue weighted by atomic mass is 16.2. The zero-order valence-corrected chi connectivity index (χ0v) is 11.6. The predicted molar refractivity (Wildman–Crippen MR) is 70.1 cm³/mol. The van der Waals surface area contributed by atoms with Gasteiger partial charge in [0, 0.05) is 25.5 Å². The third kappa shape index (κ3) is 2.68. The van der Waals surface area contributed by atoms with Gasteiger partial charge in [-0.25, -0.2) is 4.98 Å². The fraction of sp³-hybridized carbons (Fsp3) is 0.615. The minimum absolute atomic E-state index is 0.0278. The highest BCUT2D eigenvalue weighted by Crippen LogP contribution is 2.18. The van der Waals surface area contributed by atoms with Crippen LogP contribution in [0, 0.1) is 0 Å². The Kier molecular flexibility index (Phi) is 3.99. The lowest BCUT2D eigenvalue weighted by molar-refractivity contribution is -0.141. The number of rotatable bonds is 5. The molecule has 1 aliphatic heterocycles. The van der Waals surface area contributed by atoms with Gasteiger partial charge in [-0.2, -0.15) is 0 Å². The standard InChI is InChI=1S/C13H20N4O2/c1-4-9(2)17-12(18)7-10(13(17)19)15-8-11-14-5-6-16(11)3/h5-6,9-10,15H,4,7-8H2,1-3H3. The number of likely N-dealkylation sites (tertiary alicyclic amines) is 1. The van der Waals surface area contributed by atoms with Crippen molar-refractivity contribution >= 4 is 11.8 Å². The summed E-state index contributed by atoms with van der Waals surface area (Å²) in [6.07, 6.45) is 4.59. The first kappa shape index (κ1) is 13.7. The van der Waals surface area contributed by atoms with E-state index in [9.17, 15) is 9.59 Å². The van der Waals surface area contributed by atoms with E-state index in [0.29, 0.717) is 6.54 Å². The minimum atomic E-state index is -0.418. The molecular weight excluding hydrogens is 244 g/mol. The first-order valence-corrected chi connectivity index (χ1v) is 6.60. The van der Waals surface area contributed by atoms with Gasteiger partial charge < -0.3 is 4.57 Å². The van der Waals surface area contributed by atoms with E-state index in [-0.39, 0.29) is 24.3 Å². The summed E-state index contributed by atoms with van der Waals surface area (Å²) < 4.78 is 1.89. The number of aryl methyl sites for hydroxylation is 1. The van der Waals surface area contributed by atoms with Crippen LogP contribution in [-0.4, -0.2) is 38.3 Å². The van der Waals surface area contributed by atoms with Crippen LogP contribution in [0.25, 0.3) is 0 Å². The summed E-state index contributed by atoms with van der Waals surface area (Å²) in [6, 6.07) is -0.446. The van der Waals surface area contributed by atoms with Gasteiger partial charge in [0.05, 0.1) is 19.0 Å². The van der Waals surface area contributed by atoms with E-state index in [1.54, 1.807) is 6.20 Å². The molecule has 1 aromatic heterocycles. The molecule has 1 fully saturated rings. The van der Waals surface area contributed by atoms with Crippen molar-refractivity contribution in [1.29, 1.82) is 0 Å². The number of carbonyl (C=O) groups is 2. The van der Waals surface area contributed by atoms with Crippen LogP contribution in [-0.2, 0) is 23.2 Å². The number of nitrogens with one attached hydrogen (secondary N) is 1. The normalized spacial score (nSPS) is 21.2. The Labute approximate surface area is 112 Å². The van der Waals surface area contributed by atoms with Gasteiger partial charge in [-0.1, -0.05) is 6.92 Å². The van der Waals surface area contributed by atoms with Crippen molar-refractivity contribution in [3.05, 3.63) is 18.2 Å². The second-order valence-corrected chi connectivity index (χ2v) is 4.95. The summed E-state index contributed by atoms with van der Waals surface area (Å²) in [6.45, 7) is 4.36. The van der Waals surface area contributed by atoms with Gasteiger partial charge in [-0.15, -0.1) is 0 Å². The van der Waals surface area contributed by atoms with E-state index in [2.05, 4.69) is 10.3 Å². The molecular formula is C13H20N4O2. The second-order valence-electron chi connectivity index (χ2n) is 4.95. The van der Waals surface area contributed by atoms with Crippen LogP contribution in [0.1, 0.15) is 32.5 Å². The lowest BCUT2D eigenvalue weighted by atomic mass is 10.2. The van der Waals surface area contributed by atoms with Gasteiger partial charge in [0.25, 0.3) is 0 Å². The highest BCUT2D eigenvalue weighted by molar-refractivity contribution is 6.05. The summed E-state index contributed by atoms with van der Waals surface area (Å²) in [5.41, 5.74) is 0. The number of aromatic nitrogens is 2. The molecule has 1 aromatic rings. The Morgan fingerprint density at radius 1 is 1.53 bits per heavy atom. The van der Waals surface area contributed by atoms with E-state index in [4.69, 9.17) is 0 Å². The fourth-order valence-corrected chi connectivity index (χ4v) is 2.24. The highest BCUT2D eigenvalue weighted by Gasteiger charge is 2.40. The molecule has 0 aromatic carbocycles. The Balaban J connectivity index is 1.98. The Bertz CT molecular complexity index is 483. The molecule has 2 atom stereocenters.